The summed E-state index contributed by atoms with van der Waals surface area (Å²) < 4.78 is 41.2. The van der Waals surface area contributed by atoms with E-state index < -0.39 is 23.5 Å². The number of rotatable bonds is 3. The molecule has 2 rings (SSSR count). The number of nitriles is 1. The summed E-state index contributed by atoms with van der Waals surface area (Å²) in [4.78, 5) is 0. The molecule has 5 heteroatoms. The number of hydrogen-bond acceptors (Lipinski definition) is 2. The van der Waals surface area contributed by atoms with Gasteiger partial charge in [-0.15, -0.1) is 0 Å². The van der Waals surface area contributed by atoms with Crippen molar-refractivity contribution in [3.8, 4) is 6.07 Å². The van der Waals surface area contributed by atoms with Crippen molar-refractivity contribution in [2.75, 3.05) is 5.32 Å². The van der Waals surface area contributed by atoms with E-state index in [0.29, 0.717) is 0 Å². The normalized spacial score (nSPS) is 11.8. The van der Waals surface area contributed by atoms with Gasteiger partial charge in [-0.2, -0.15) is 5.26 Å². The van der Waals surface area contributed by atoms with Gasteiger partial charge >= 0.3 is 0 Å². The number of anilines is 1. The average Bonchev–Trinajstić information content (AvgIpc) is 2.44. The van der Waals surface area contributed by atoms with Crippen LogP contribution in [-0.2, 0) is 0 Å². The van der Waals surface area contributed by atoms with Gasteiger partial charge in [0.2, 0.25) is 0 Å². The fraction of sp³-hybridized carbons (Fsp3) is 0.188. The molecule has 0 saturated carbocycles. The second-order valence-corrected chi connectivity index (χ2v) is 4.80. The molecule has 0 aliphatic rings. The summed E-state index contributed by atoms with van der Waals surface area (Å²) in [6.07, 6.45) is 0. The third-order valence-corrected chi connectivity index (χ3v) is 3.21. The van der Waals surface area contributed by atoms with E-state index in [-0.39, 0.29) is 22.4 Å². The predicted octanol–water partition coefficient (Wildman–Crippen LogP) is 4.46. The highest BCUT2D eigenvalue weighted by atomic mass is 19.1. The summed E-state index contributed by atoms with van der Waals surface area (Å²) in [5, 5.41) is 11.5. The van der Waals surface area contributed by atoms with Crippen molar-refractivity contribution < 1.29 is 13.2 Å². The van der Waals surface area contributed by atoms with E-state index in [1.807, 2.05) is 6.07 Å². The Hall–Kier alpha value is -2.48. The third-order valence-electron chi connectivity index (χ3n) is 3.21. The van der Waals surface area contributed by atoms with Gasteiger partial charge in [0.05, 0.1) is 23.4 Å². The Bertz CT molecular complexity index is 720. The Labute approximate surface area is 120 Å². The molecule has 1 unspecified atom stereocenters. The van der Waals surface area contributed by atoms with Gasteiger partial charge in [-0.1, -0.05) is 0 Å². The molecule has 1 atom stereocenters. The molecule has 0 heterocycles. The topological polar surface area (TPSA) is 35.8 Å². The van der Waals surface area contributed by atoms with Crippen LogP contribution in [0.2, 0.25) is 0 Å². The van der Waals surface area contributed by atoms with E-state index in [1.165, 1.54) is 19.1 Å². The molecular formula is C16H13F3N2. The van der Waals surface area contributed by atoms with E-state index in [1.54, 1.807) is 6.92 Å². The van der Waals surface area contributed by atoms with E-state index in [9.17, 15) is 13.2 Å². The second-order valence-electron chi connectivity index (χ2n) is 4.80. The minimum absolute atomic E-state index is 0.113. The van der Waals surface area contributed by atoms with Crippen molar-refractivity contribution >= 4 is 5.69 Å². The Morgan fingerprint density at radius 1 is 1.05 bits per heavy atom. The third kappa shape index (κ3) is 3.16. The quantitative estimate of drug-likeness (QED) is 0.906. The number of nitrogens with one attached hydrogen (secondary N) is 1. The largest absolute Gasteiger partial charge is 0.376 e. The Balaban J connectivity index is 2.28. The SMILES string of the molecule is Cc1cc(F)c(C(C)Nc2ccc(C#N)cc2F)cc1F. The zero-order valence-corrected chi connectivity index (χ0v) is 11.5. The van der Waals surface area contributed by atoms with Gasteiger partial charge < -0.3 is 5.32 Å². The van der Waals surface area contributed by atoms with Crippen molar-refractivity contribution in [3.05, 3.63) is 64.5 Å². The summed E-state index contributed by atoms with van der Waals surface area (Å²) >= 11 is 0. The second kappa shape index (κ2) is 5.88. The molecule has 0 amide bonds. The van der Waals surface area contributed by atoms with E-state index in [4.69, 9.17) is 5.26 Å². The molecule has 108 valence electrons. The monoisotopic (exact) mass is 290 g/mol. The minimum Gasteiger partial charge on any atom is -0.376 e. The van der Waals surface area contributed by atoms with Gasteiger partial charge in [0.1, 0.15) is 17.5 Å². The molecule has 2 nitrogen and oxygen atoms in total. The lowest BCUT2D eigenvalue weighted by molar-refractivity contribution is 0.569. The zero-order chi connectivity index (χ0) is 15.6. The minimum atomic E-state index is -0.623. The van der Waals surface area contributed by atoms with Crippen LogP contribution in [0.3, 0.4) is 0 Å². The molecule has 0 spiro atoms. The zero-order valence-electron chi connectivity index (χ0n) is 11.5. The van der Waals surface area contributed by atoms with Crippen LogP contribution in [0.5, 0.6) is 0 Å². The van der Waals surface area contributed by atoms with Crippen LogP contribution in [-0.4, -0.2) is 0 Å². The fourth-order valence-electron chi connectivity index (χ4n) is 2.01. The van der Waals surface area contributed by atoms with E-state index >= 15 is 0 Å². The van der Waals surface area contributed by atoms with Crippen molar-refractivity contribution in [1.29, 1.82) is 5.26 Å². The number of benzene rings is 2. The smallest absolute Gasteiger partial charge is 0.147 e. The van der Waals surface area contributed by atoms with E-state index in [0.717, 1.165) is 18.2 Å². The molecular weight excluding hydrogens is 277 g/mol. The number of nitrogens with zero attached hydrogens (tertiary/aromatic N) is 1. The predicted molar refractivity (Wildman–Crippen MR) is 74.2 cm³/mol. The van der Waals surface area contributed by atoms with Gasteiger partial charge in [0, 0.05) is 5.56 Å². The first-order valence-electron chi connectivity index (χ1n) is 6.34. The standard InChI is InChI=1S/C16H13F3N2/c1-9-5-14(18)12(7-13(9)17)10(2)21-16-4-3-11(8-20)6-15(16)19/h3-7,10,21H,1-2H3. The summed E-state index contributed by atoms with van der Waals surface area (Å²) in [6.45, 7) is 3.07. The maximum Gasteiger partial charge on any atom is 0.147 e. The van der Waals surface area contributed by atoms with Crippen LogP contribution >= 0.6 is 0 Å². The lowest BCUT2D eigenvalue weighted by atomic mass is 10.0. The first kappa shape index (κ1) is 14.9. The van der Waals surface area contributed by atoms with Gasteiger partial charge in [0.25, 0.3) is 0 Å². The highest BCUT2D eigenvalue weighted by Crippen LogP contribution is 2.25. The fourth-order valence-corrected chi connectivity index (χ4v) is 2.01. The molecule has 0 bridgehead atoms. The summed E-state index contributed by atoms with van der Waals surface area (Å²) in [5.41, 5.74) is 0.648. The van der Waals surface area contributed by atoms with Crippen molar-refractivity contribution in [1.82, 2.24) is 0 Å². The molecule has 1 N–H and O–H groups in total. The van der Waals surface area contributed by atoms with Crippen molar-refractivity contribution in [2.24, 2.45) is 0 Å². The molecule has 2 aromatic rings. The maximum atomic E-state index is 13.9. The number of hydrogen-bond donors (Lipinski definition) is 1. The molecule has 0 radical (unpaired) electrons. The van der Waals surface area contributed by atoms with Crippen molar-refractivity contribution in [3.63, 3.8) is 0 Å². The van der Waals surface area contributed by atoms with Crippen LogP contribution in [0.1, 0.15) is 29.7 Å². The number of halogens is 3. The molecule has 0 aliphatic heterocycles. The van der Waals surface area contributed by atoms with Gasteiger partial charge in [-0.05, 0) is 49.7 Å². The summed E-state index contributed by atoms with van der Waals surface area (Å²) in [5.74, 6) is -1.68. The summed E-state index contributed by atoms with van der Waals surface area (Å²) in [7, 11) is 0. The lowest BCUT2D eigenvalue weighted by Crippen LogP contribution is -2.10. The maximum absolute atomic E-state index is 13.9. The van der Waals surface area contributed by atoms with Crippen LogP contribution in [0.4, 0.5) is 18.9 Å². The lowest BCUT2D eigenvalue weighted by Gasteiger charge is -2.17. The van der Waals surface area contributed by atoms with Crippen LogP contribution in [0.25, 0.3) is 0 Å². The van der Waals surface area contributed by atoms with Crippen LogP contribution in [0.15, 0.2) is 30.3 Å². The average molecular weight is 290 g/mol. The molecule has 2 aromatic carbocycles. The molecule has 0 fully saturated rings. The Morgan fingerprint density at radius 2 is 1.76 bits per heavy atom. The summed E-state index contributed by atoms with van der Waals surface area (Å²) in [6, 6.07) is 7.34. The first-order chi connectivity index (χ1) is 9.92. The van der Waals surface area contributed by atoms with Crippen molar-refractivity contribution in [2.45, 2.75) is 19.9 Å². The molecule has 0 aromatic heterocycles. The van der Waals surface area contributed by atoms with Crippen LogP contribution < -0.4 is 5.32 Å². The van der Waals surface area contributed by atoms with Gasteiger partial charge in [-0.25, -0.2) is 13.2 Å². The Kier molecular flexibility index (Phi) is 4.18. The highest BCUT2D eigenvalue weighted by Gasteiger charge is 2.15. The van der Waals surface area contributed by atoms with E-state index in [2.05, 4.69) is 5.32 Å². The van der Waals surface area contributed by atoms with Gasteiger partial charge in [-0.3, -0.25) is 0 Å². The Morgan fingerprint density at radius 3 is 2.38 bits per heavy atom. The molecule has 21 heavy (non-hydrogen) atoms. The number of aryl methyl sites for hydroxylation is 1. The van der Waals surface area contributed by atoms with Gasteiger partial charge in [0.15, 0.2) is 0 Å². The first-order valence-corrected chi connectivity index (χ1v) is 6.34. The van der Waals surface area contributed by atoms with Crippen LogP contribution in [0, 0.1) is 35.7 Å². The molecule has 0 aliphatic carbocycles. The molecule has 0 saturated heterocycles. The highest BCUT2D eigenvalue weighted by molar-refractivity contribution is 5.50.